The van der Waals surface area contributed by atoms with E-state index in [1.165, 1.54) is 45.0 Å². The van der Waals surface area contributed by atoms with Crippen LogP contribution in [0.2, 0.25) is 10.0 Å². The fourth-order valence-corrected chi connectivity index (χ4v) is 4.25. The molecule has 2 aromatic rings. The number of nitrogens with zero attached hydrogens (tertiary/aromatic N) is 2. The van der Waals surface area contributed by atoms with E-state index in [0.29, 0.717) is 10.6 Å². The molecule has 0 radical (unpaired) electrons. The molecule has 11 heteroatoms. The van der Waals surface area contributed by atoms with Gasteiger partial charge in [-0.05, 0) is 39.0 Å². The summed E-state index contributed by atoms with van der Waals surface area (Å²) >= 11 is 12.1. The summed E-state index contributed by atoms with van der Waals surface area (Å²) in [5.74, 6) is -1.37. The van der Waals surface area contributed by atoms with Crippen LogP contribution in [-0.2, 0) is 16.9 Å². The van der Waals surface area contributed by atoms with Gasteiger partial charge >= 0.3 is 12.2 Å². The molecule has 3 rings (SSSR count). The van der Waals surface area contributed by atoms with Crippen LogP contribution < -0.4 is 5.32 Å². The van der Waals surface area contributed by atoms with Crippen LogP contribution >= 0.6 is 23.2 Å². The van der Waals surface area contributed by atoms with Gasteiger partial charge < -0.3 is 9.88 Å². The van der Waals surface area contributed by atoms with Crippen LogP contribution in [0.25, 0.3) is 0 Å². The Morgan fingerprint density at radius 3 is 2.39 bits per heavy atom. The van der Waals surface area contributed by atoms with Crippen molar-refractivity contribution in [2.45, 2.75) is 39.0 Å². The molecule has 166 valence electrons. The van der Waals surface area contributed by atoms with Gasteiger partial charge in [0.05, 0.1) is 6.54 Å². The quantitative estimate of drug-likeness (QED) is 0.506. The normalized spacial score (nSPS) is 19.2. The molecule has 0 spiro atoms. The summed E-state index contributed by atoms with van der Waals surface area (Å²) in [6.45, 7) is 2.41. The van der Waals surface area contributed by atoms with Crippen molar-refractivity contribution in [1.29, 1.82) is 0 Å². The summed E-state index contributed by atoms with van der Waals surface area (Å²) in [5, 5.41) is 3.03. The minimum atomic E-state index is -4.46. The minimum absolute atomic E-state index is 0.0143. The van der Waals surface area contributed by atoms with Gasteiger partial charge in [0.1, 0.15) is 12.1 Å². The number of amides is 3. The predicted molar refractivity (Wildman–Crippen MR) is 108 cm³/mol. The number of urea groups is 1. The number of carbonyl (C=O) groups is 3. The first-order valence-corrected chi connectivity index (χ1v) is 9.86. The van der Waals surface area contributed by atoms with Crippen LogP contribution in [0.15, 0.2) is 24.3 Å². The SMILES string of the molecule is Cc1cc(C(=O)CN2C(=O)NC(C)(c3ccc(Cl)cc3Cl)C2=O)c(C)n1CC(F)(F)F. The maximum Gasteiger partial charge on any atom is 0.406 e. The first-order chi connectivity index (χ1) is 14.2. The van der Waals surface area contributed by atoms with Gasteiger partial charge in [-0.1, -0.05) is 29.3 Å². The third kappa shape index (κ3) is 4.29. The topological polar surface area (TPSA) is 71.4 Å². The molecular formula is C20H18Cl2F3N3O3. The van der Waals surface area contributed by atoms with Gasteiger partial charge in [-0.15, -0.1) is 0 Å². The molecule has 31 heavy (non-hydrogen) atoms. The molecule has 0 bridgehead atoms. The number of imide groups is 1. The van der Waals surface area contributed by atoms with E-state index in [-0.39, 0.29) is 22.0 Å². The Morgan fingerprint density at radius 1 is 1.16 bits per heavy atom. The molecule has 1 atom stereocenters. The van der Waals surface area contributed by atoms with E-state index in [9.17, 15) is 27.6 Å². The molecule has 1 aromatic carbocycles. The fourth-order valence-electron chi connectivity index (χ4n) is 3.65. The molecule has 1 aromatic heterocycles. The molecule has 6 nitrogen and oxygen atoms in total. The zero-order valence-electron chi connectivity index (χ0n) is 16.7. The minimum Gasteiger partial charge on any atom is -0.339 e. The van der Waals surface area contributed by atoms with E-state index in [1.807, 2.05) is 0 Å². The second-order valence-electron chi connectivity index (χ2n) is 7.48. The van der Waals surface area contributed by atoms with Crippen molar-refractivity contribution in [2.24, 2.45) is 0 Å². The largest absolute Gasteiger partial charge is 0.406 e. The van der Waals surface area contributed by atoms with Gasteiger partial charge in [0, 0.05) is 32.6 Å². The van der Waals surface area contributed by atoms with Crippen molar-refractivity contribution in [2.75, 3.05) is 6.54 Å². The zero-order valence-corrected chi connectivity index (χ0v) is 18.2. The van der Waals surface area contributed by atoms with Crippen LogP contribution in [-0.4, -0.2) is 39.9 Å². The molecule has 2 heterocycles. The van der Waals surface area contributed by atoms with E-state index in [2.05, 4.69) is 5.32 Å². The zero-order chi connectivity index (χ0) is 23.3. The second kappa shape index (κ2) is 7.87. The number of Topliss-reactive ketones (excluding diaryl/α,β-unsaturated/α-hetero) is 1. The highest BCUT2D eigenvalue weighted by Gasteiger charge is 2.50. The molecule has 1 fully saturated rings. The Balaban J connectivity index is 1.87. The fraction of sp³-hybridized carbons (Fsp3) is 0.350. The highest BCUT2D eigenvalue weighted by atomic mass is 35.5. The van der Waals surface area contributed by atoms with Crippen LogP contribution in [0.4, 0.5) is 18.0 Å². The number of benzene rings is 1. The Bertz CT molecular complexity index is 1100. The number of hydrogen-bond donors (Lipinski definition) is 1. The maximum absolute atomic E-state index is 13.0. The third-order valence-corrected chi connectivity index (χ3v) is 5.81. The average Bonchev–Trinajstić information content (AvgIpc) is 3.03. The first kappa shape index (κ1) is 23.1. The van der Waals surface area contributed by atoms with Crippen molar-refractivity contribution >= 4 is 40.9 Å². The van der Waals surface area contributed by atoms with Gasteiger partial charge in [0.15, 0.2) is 5.78 Å². The second-order valence-corrected chi connectivity index (χ2v) is 8.32. The number of hydrogen-bond acceptors (Lipinski definition) is 3. The summed E-state index contributed by atoms with van der Waals surface area (Å²) in [6, 6.07) is 4.94. The van der Waals surface area contributed by atoms with Crippen LogP contribution in [0.1, 0.15) is 34.2 Å². The van der Waals surface area contributed by atoms with E-state index in [4.69, 9.17) is 23.2 Å². The maximum atomic E-state index is 13.0. The van der Waals surface area contributed by atoms with Crippen molar-refractivity contribution in [3.63, 3.8) is 0 Å². The number of aromatic nitrogens is 1. The lowest BCUT2D eigenvalue weighted by atomic mass is 9.92. The lowest BCUT2D eigenvalue weighted by Crippen LogP contribution is -2.41. The molecule has 3 amide bonds. The first-order valence-electron chi connectivity index (χ1n) is 9.11. The molecule has 1 unspecified atom stereocenters. The van der Waals surface area contributed by atoms with E-state index < -0.39 is 42.5 Å². The van der Waals surface area contributed by atoms with E-state index >= 15 is 0 Å². The Hall–Kier alpha value is -2.52. The number of ketones is 1. The predicted octanol–water partition coefficient (Wildman–Crippen LogP) is 4.62. The van der Waals surface area contributed by atoms with Crippen molar-refractivity contribution in [3.8, 4) is 0 Å². The van der Waals surface area contributed by atoms with Gasteiger partial charge in [0.2, 0.25) is 0 Å². The van der Waals surface area contributed by atoms with Crippen molar-refractivity contribution < 1.29 is 27.6 Å². The van der Waals surface area contributed by atoms with Crippen molar-refractivity contribution in [1.82, 2.24) is 14.8 Å². The summed E-state index contributed by atoms with van der Waals surface area (Å²) in [4.78, 5) is 39.0. The van der Waals surface area contributed by atoms with Gasteiger partial charge in [-0.2, -0.15) is 13.2 Å². The van der Waals surface area contributed by atoms with Gasteiger partial charge in [-0.3, -0.25) is 14.5 Å². The van der Waals surface area contributed by atoms with Crippen LogP contribution in [0.3, 0.4) is 0 Å². The molecule has 1 aliphatic heterocycles. The van der Waals surface area contributed by atoms with Crippen molar-refractivity contribution in [3.05, 3.63) is 56.8 Å². The van der Waals surface area contributed by atoms with Crippen LogP contribution in [0, 0.1) is 13.8 Å². The number of rotatable bonds is 5. The molecular weight excluding hydrogens is 458 g/mol. The summed E-state index contributed by atoms with van der Waals surface area (Å²) in [5.41, 5.74) is -0.856. The number of halogens is 5. The highest BCUT2D eigenvalue weighted by Crippen LogP contribution is 2.35. The summed E-state index contributed by atoms with van der Waals surface area (Å²) in [6.07, 6.45) is -4.46. The van der Waals surface area contributed by atoms with E-state index in [1.54, 1.807) is 0 Å². The van der Waals surface area contributed by atoms with Gasteiger partial charge in [-0.25, -0.2) is 4.79 Å². The molecule has 1 aliphatic rings. The lowest BCUT2D eigenvalue weighted by molar-refractivity contribution is -0.141. The smallest absolute Gasteiger partial charge is 0.339 e. The molecule has 1 N–H and O–H groups in total. The van der Waals surface area contributed by atoms with Gasteiger partial charge in [0.25, 0.3) is 5.91 Å². The summed E-state index contributed by atoms with van der Waals surface area (Å²) in [7, 11) is 0. The Kier molecular flexibility index (Phi) is 5.88. The monoisotopic (exact) mass is 475 g/mol. The standard InChI is InChI=1S/C20H18Cl2F3N3O3/c1-10-6-13(11(2)28(10)9-20(23,24)25)16(29)8-27-17(30)19(3,26-18(27)31)14-5-4-12(21)7-15(14)22/h4-7H,8-9H2,1-3H3,(H,26,31). The Labute approximate surface area is 185 Å². The molecule has 1 saturated heterocycles. The average molecular weight is 476 g/mol. The molecule has 0 aliphatic carbocycles. The number of carbonyl (C=O) groups excluding carboxylic acids is 3. The Morgan fingerprint density at radius 2 is 1.81 bits per heavy atom. The number of alkyl halides is 3. The number of nitrogens with one attached hydrogen (secondary N) is 1. The molecule has 0 saturated carbocycles. The van der Waals surface area contributed by atoms with E-state index in [0.717, 1.165) is 9.47 Å². The lowest BCUT2D eigenvalue weighted by Gasteiger charge is -2.23. The number of aryl methyl sites for hydroxylation is 1. The van der Waals surface area contributed by atoms with Crippen LogP contribution in [0.5, 0.6) is 0 Å². The summed E-state index contributed by atoms with van der Waals surface area (Å²) < 4.78 is 39.4. The highest BCUT2D eigenvalue weighted by molar-refractivity contribution is 6.35. The third-order valence-electron chi connectivity index (χ3n) is 5.26.